The van der Waals surface area contributed by atoms with Crippen LogP contribution in [-0.2, 0) is 6.42 Å². The molecule has 2 aromatic rings. The van der Waals surface area contributed by atoms with Gasteiger partial charge in [0.25, 0.3) is 0 Å². The van der Waals surface area contributed by atoms with E-state index in [0.717, 1.165) is 41.6 Å². The van der Waals surface area contributed by atoms with Crippen molar-refractivity contribution in [2.24, 2.45) is 0 Å². The maximum atomic E-state index is 5.77. The number of aromatic nitrogens is 1. The number of benzene rings is 1. The first-order valence-corrected chi connectivity index (χ1v) is 8.12. The van der Waals surface area contributed by atoms with Gasteiger partial charge >= 0.3 is 0 Å². The first-order chi connectivity index (χ1) is 10.3. The lowest BCUT2D eigenvalue weighted by Gasteiger charge is -2.17. The molecule has 0 amide bonds. The molecule has 0 fully saturated rings. The monoisotopic (exact) mass is 304 g/mol. The van der Waals surface area contributed by atoms with Gasteiger partial charge in [-0.25, -0.2) is 4.98 Å². The van der Waals surface area contributed by atoms with Gasteiger partial charge in [0.2, 0.25) is 0 Å². The summed E-state index contributed by atoms with van der Waals surface area (Å²) in [5.41, 5.74) is 2.29. The predicted octanol–water partition coefficient (Wildman–Crippen LogP) is 3.12. The van der Waals surface area contributed by atoms with Crippen LogP contribution in [0.1, 0.15) is 28.7 Å². The van der Waals surface area contributed by atoms with Crippen LogP contribution in [-0.4, -0.2) is 25.2 Å². The molecule has 0 spiro atoms. The Morgan fingerprint density at radius 2 is 2.10 bits per heavy atom. The molecule has 112 valence electrons. The van der Waals surface area contributed by atoms with E-state index in [-0.39, 0.29) is 6.04 Å². The van der Waals surface area contributed by atoms with Crippen LogP contribution in [0.25, 0.3) is 0 Å². The van der Waals surface area contributed by atoms with Crippen LogP contribution >= 0.6 is 11.3 Å². The van der Waals surface area contributed by atoms with Crippen molar-refractivity contribution in [3.8, 4) is 11.5 Å². The zero-order valence-electron chi connectivity index (χ0n) is 12.4. The Kier molecular flexibility index (Phi) is 4.41. The SMILES string of the molecule is CNC(Cc1nc(C)cs1)c1ccc2c(c1)OCCCO2. The van der Waals surface area contributed by atoms with Gasteiger partial charge in [-0.1, -0.05) is 6.07 Å². The van der Waals surface area contributed by atoms with E-state index in [0.29, 0.717) is 6.61 Å². The number of hydrogen-bond donors (Lipinski definition) is 1. The fourth-order valence-electron chi connectivity index (χ4n) is 2.45. The third-order valence-electron chi connectivity index (χ3n) is 3.57. The number of rotatable bonds is 4. The molecule has 1 aliphatic rings. The van der Waals surface area contributed by atoms with Gasteiger partial charge in [-0.15, -0.1) is 11.3 Å². The van der Waals surface area contributed by atoms with E-state index in [4.69, 9.17) is 9.47 Å². The van der Waals surface area contributed by atoms with Gasteiger partial charge in [-0.2, -0.15) is 0 Å². The second kappa shape index (κ2) is 6.45. The minimum atomic E-state index is 0.229. The molecular formula is C16H20N2O2S. The predicted molar refractivity (Wildman–Crippen MR) is 84.4 cm³/mol. The first kappa shape index (κ1) is 14.4. The number of nitrogens with zero attached hydrogens (tertiary/aromatic N) is 1. The Labute approximate surface area is 129 Å². The molecule has 0 saturated heterocycles. The fourth-order valence-corrected chi connectivity index (χ4v) is 3.27. The van der Waals surface area contributed by atoms with Gasteiger partial charge in [0.05, 0.1) is 18.2 Å². The molecule has 1 unspecified atom stereocenters. The molecule has 0 saturated carbocycles. The average Bonchev–Trinajstić information content (AvgIpc) is 2.76. The van der Waals surface area contributed by atoms with Gasteiger partial charge < -0.3 is 14.8 Å². The number of aryl methyl sites for hydroxylation is 1. The molecule has 0 aliphatic carbocycles. The van der Waals surface area contributed by atoms with Crippen molar-refractivity contribution in [2.75, 3.05) is 20.3 Å². The minimum Gasteiger partial charge on any atom is -0.490 e. The summed E-state index contributed by atoms with van der Waals surface area (Å²) in [6.45, 7) is 3.47. The molecule has 5 heteroatoms. The fraction of sp³-hybridized carbons (Fsp3) is 0.438. The Bertz CT molecular complexity index is 612. The third kappa shape index (κ3) is 3.36. The highest BCUT2D eigenvalue weighted by atomic mass is 32.1. The zero-order chi connectivity index (χ0) is 14.7. The van der Waals surface area contributed by atoms with Crippen molar-refractivity contribution in [3.05, 3.63) is 39.8 Å². The van der Waals surface area contributed by atoms with Crippen molar-refractivity contribution < 1.29 is 9.47 Å². The van der Waals surface area contributed by atoms with E-state index < -0.39 is 0 Å². The van der Waals surface area contributed by atoms with E-state index in [1.54, 1.807) is 11.3 Å². The van der Waals surface area contributed by atoms with Crippen molar-refractivity contribution in [1.82, 2.24) is 10.3 Å². The van der Waals surface area contributed by atoms with Gasteiger partial charge in [-0.3, -0.25) is 0 Å². The third-order valence-corrected chi connectivity index (χ3v) is 4.56. The molecule has 3 rings (SSSR count). The smallest absolute Gasteiger partial charge is 0.161 e. The van der Waals surface area contributed by atoms with Crippen LogP contribution in [0.15, 0.2) is 23.6 Å². The molecule has 1 N–H and O–H groups in total. The van der Waals surface area contributed by atoms with Gasteiger partial charge in [0.1, 0.15) is 0 Å². The number of nitrogens with one attached hydrogen (secondary N) is 1. The Morgan fingerprint density at radius 1 is 1.29 bits per heavy atom. The van der Waals surface area contributed by atoms with Crippen molar-refractivity contribution in [1.29, 1.82) is 0 Å². The maximum absolute atomic E-state index is 5.77. The molecule has 1 aliphatic heterocycles. The van der Waals surface area contributed by atoms with E-state index in [1.807, 2.05) is 20.0 Å². The standard InChI is InChI=1S/C16H20N2O2S/c1-11-10-21-16(18-11)9-13(17-2)12-4-5-14-15(8-12)20-7-3-6-19-14/h4-5,8,10,13,17H,3,6-7,9H2,1-2H3. The van der Waals surface area contributed by atoms with Crippen LogP contribution in [0.2, 0.25) is 0 Å². The maximum Gasteiger partial charge on any atom is 0.161 e. The number of fused-ring (bicyclic) bond motifs is 1. The molecule has 1 aromatic heterocycles. The number of hydrogen-bond acceptors (Lipinski definition) is 5. The molecular weight excluding hydrogens is 284 g/mol. The normalized spacial score (nSPS) is 15.5. The number of likely N-dealkylation sites (N-methyl/N-ethyl adjacent to an activating group) is 1. The van der Waals surface area contributed by atoms with Crippen LogP contribution < -0.4 is 14.8 Å². The molecule has 21 heavy (non-hydrogen) atoms. The van der Waals surface area contributed by atoms with Crippen LogP contribution in [0, 0.1) is 6.92 Å². The molecule has 0 radical (unpaired) electrons. The summed E-state index contributed by atoms with van der Waals surface area (Å²) in [7, 11) is 1.98. The molecule has 2 heterocycles. The minimum absolute atomic E-state index is 0.229. The lowest BCUT2D eigenvalue weighted by molar-refractivity contribution is 0.297. The summed E-state index contributed by atoms with van der Waals surface area (Å²) in [6, 6.07) is 6.43. The quantitative estimate of drug-likeness (QED) is 0.942. The first-order valence-electron chi connectivity index (χ1n) is 7.24. The highest BCUT2D eigenvalue weighted by Crippen LogP contribution is 2.33. The Hall–Kier alpha value is -1.59. The second-order valence-corrected chi connectivity index (χ2v) is 6.13. The van der Waals surface area contributed by atoms with Gasteiger partial charge in [0, 0.05) is 30.0 Å². The van der Waals surface area contributed by atoms with Crippen LogP contribution in [0.4, 0.5) is 0 Å². The summed E-state index contributed by atoms with van der Waals surface area (Å²) in [6.07, 6.45) is 1.81. The molecule has 0 bridgehead atoms. The summed E-state index contributed by atoms with van der Waals surface area (Å²) in [5, 5.41) is 6.61. The van der Waals surface area contributed by atoms with Gasteiger partial charge in [-0.05, 0) is 31.7 Å². The largest absolute Gasteiger partial charge is 0.490 e. The number of ether oxygens (including phenoxy) is 2. The Balaban J connectivity index is 1.81. The molecule has 1 aromatic carbocycles. The van der Waals surface area contributed by atoms with Crippen molar-refractivity contribution in [3.63, 3.8) is 0 Å². The second-order valence-electron chi connectivity index (χ2n) is 5.18. The lowest BCUT2D eigenvalue weighted by atomic mass is 10.0. The highest BCUT2D eigenvalue weighted by molar-refractivity contribution is 7.09. The van der Waals surface area contributed by atoms with E-state index in [1.165, 1.54) is 5.56 Å². The highest BCUT2D eigenvalue weighted by Gasteiger charge is 2.16. The topological polar surface area (TPSA) is 43.4 Å². The van der Waals surface area contributed by atoms with Crippen molar-refractivity contribution >= 4 is 11.3 Å². The summed E-state index contributed by atoms with van der Waals surface area (Å²) in [5.74, 6) is 1.69. The van der Waals surface area contributed by atoms with Crippen molar-refractivity contribution in [2.45, 2.75) is 25.8 Å². The zero-order valence-corrected chi connectivity index (χ0v) is 13.2. The average molecular weight is 304 g/mol. The van der Waals surface area contributed by atoms with Gasteiger partial charge in [0.15, 0.2) is 11.5 Å². The molecule has 1 atom stereocenters. The molecule has 4 nitrogen and oxygen atoms in total. The summed E-state index contributed by atoms with van der Waals surface area (Å²) >= 11 is 1.71. The Morgan fingerprint density at radius 3 is 2.81 bits per heavy atom. The lowest BCUT2D eigenvalue weighted by Crippen LogP contribution is -2.18. The van der Waals surface area contributed by atoms with Crippen LogP contribution in [0.5, 0.6) is 11.5 Å². The van der Waals surface area contributed by atoms with E-state index >= 15 is 0 Å². The van der Waals surface area contributed by atoms with E-state index in [9.17, 15) is 0 Å². The number of thiazole rings is 1. The van der Waals surface area contributed by atoms with Crippen LogP contribution in [0.3, 0.4) is 0 Å². The summed E-state index contributed by atoms with van der Waals surface area (Å²) < 4.78 is 11.5. The summed E-state index contributed by atoms with van der Waals surface area (Å²) in [4.78, 5) is 4.55. The van der Waals surface area contributed by atoms with E-state index in [2.05, 4.69) is 27.8 Å².